The van der Waals surface area contributed by atoms with Gasteiger partial charge in [0.1, 0.15) is 0 Å². The highest BCUT2D eigenvalue weighted by Gasteiger charge is 2.32. The second-order valence-corrected chi connectivity index (χ2v) is 5.16. The number of hydrogen-bond donors (Lipinski definition) is 1. The number of aromatic nitrogens is 1. The number of nitrogens with zero attached hydrogens (tertiary/aromatic N) is 2. The van der Waals surface area contributed by atoms with E-state index in [4.69, 9.17) is 0 Å². The van der Waals surface area contributed by atoms with Gasteiger partial charge in [-0.2, -0.15) is 0 Å². The van der Waals surface area contributed by atoms with Crippen LogP contribution in [0.2, 0.25) is 0 Å². The van der Waals surface area contributed by atoms with E-state index < -0.39 is 0 Å². The summed E-state index contributed by atoms with van der Waals surface area (Å²) in [5.41, 5.74) is 1.41. The van der Waals surface area contributed by atoms with Gasteiger partial charge < -0.3 is 5.32 Å². The van der Waals surface area contributed by atoms with Crippen molar-refractivity contribution in [3.8, 4) is 0 Å². The third kappa shape index (κ3) is 2.35. The Morgan fingerprint density at radius 1 is 1.24 bits per heavy atom. The maximum atomic E-state index is 4.27. The van der Waals surface area contributed by atoms with Gasteiger partial charge in [-0.1, -0.05) is 6.07 Å². The number of nitrogens with one attached hydrogen (secondary N) is 1. The largest absolute Gasteiger partial charge is 0.317 e. The molecular formula is C14H21N3. The van der Waals surface area contributed by atoms with Crippen molar-refractivity contribution in [2.24, 2.45) is 0 Å². The van der Waals surface area contributed by atoms with Crippen molar-refractivity contribution in [1.29, 1.82) is 0 Å². The summed E-state index contributed by atoms with van der Waals surface area (Å²) in [5.74, 6) is 0. The summed E-state index contributed by atoms with van der Waals surface area (Å²) in [7, 11) is 0. The minimum Gasteiger partial charge on any atom is -0.317 e. The highest BCUT2D eigenvalue weighted by Crippen LogP contribution is 2.34. The molecule has 3 heteroatoms. The fraction of sp³-hybridized carbons (Fsp3) is 0.643. The Morgan fingerprint density at radius 2 is 2.12 bits per heavy atom. The van der Waals surface area contributed by atoms with E-state index in [9.17, 15) is 0 Å². The van der Waals surface area contributed by atoms with E-state index in [0.29, 0.717) is 6.04 Å². The lowest BCUT2D eigenvalue weighted by molar-refractivity contribution is 0.148. The van der Waals surface area contributed by atoms with Crippen LogP contribution in [0.1, 0.15) is 37.3 Å². The first-order chi connectivity index (χ1) is 8.45. The van der Waals surface area contributed by atoms with E-state index in [1.807, 2.05) is 12.4 Å². The van der Waals surface area contributed by atoms with Crippen molar-refractivity contribution < 1.29 is 0 Å². The van der Waals surface area contributed by atoms with Crippen molar-refractivity contribution in [3.05, 3.63) is 30.1 Å². The lowest BCUT2D eigenvalue weighted by Gasteiger charge is -2.35. The number of pyridine rings is 1. The summed E-state index contributed by atoms with van der Waals surface area (Å²) in [6.07, 6.45) is 9.16. The fourth-order valence-corrected chi connectivity index (χ4v) is 3.30. The first-order valence-electron chi connectivity index (χ1n) is 6.81. The Bertz CT molecular complexity index is 346. The van der Waals surface area contributed by atoms with Gasteiger partial charge in [-0.05, 0) is 56.9 Å². The fourth-order valence-electron chi connectivity index (χ4n) is 3.30. The molecule has 1 aromatic rings. The van der Waals surface area contributed by atoms with Crippen molar-refractivity contribution in [1.82, 2.24) is 15.2 Å². The molecule has 1 aromatic heterocycles. The molecule has 3 rings (SSSR count). The first kappa shape index (κ1) is 11.2. The quantitative estimate of drug-likeness (QED) is 0.843. The monoisotopic (exact) mass is 231 g/mol. The Labute approximate surface area is 103 Å². The van der Waals surface area contributed by atoms with Crippen LogP contribution in [0.4, 0.5) is 0 Å². The van der Waals surface area contributed by atoms with Crippen LogP contribution in [0, 0.1) is 0 Å². The van der Waals surface area contributed by atoms with Crippen molar-refractivity contribution >= 4 is 0 Å². The molecule has 0 aromatic carbocycles. The van der Waals surface area contributed by atoms with Gasteiger partial charge in [0.25, 0.3) is 0 Å². The number of hydrogen-bond acceptors (Lipinski definition) is 3. The molecule has 0 unspecified atom stereocenters. The topological polar surface area (TPSA) is 28.2 Å². The molecule has 0 amide bonds. The van der Waals surface area contributed by atoms with Crippen LogP contribution < -0.4 is 5.32 Å². The summed E-state index contributed by atoms with van der Waals surface area (Å²) in [5, 5.41) is 3.45. The minimum atomic E-state index is 0.617. The molecule has 0 bridgehead atoms. The Hall–Kier alpha value is -0.930. The predicted molar refractivity (Wildman–Crippen MR) is 68.8 cm³/mol. The average molecular weight is 231 g/mol. The van der Waals surface area contributed by atoms with Gasteiger partial charge in [0.2, 0.25) is 0 Å². The lowest BCUT2D eigenvalue weighted by atomic mass is 10.0. The third-order valence-electron chi connectivity index (χ3n) is 4.14. The Morgan fingerprint density at radius 3 is 2.88 bits per heavy atom. The van der Waals surface area contributed by atoms with Crippen LogP contribution in [0.3, 0.4) is 0 Å². The number of rotatable bonds is 2. The Kier molecular flexibility index (Phi) is 3.39. The zero-order chi connectivity index (χ0) is 11.5. The van der Waals surface area contributed by atoms with Gasteiger partial charge in [0.05, 0.1) is 0 Å². The van der Waals surface area contributed by atoms with E-state index >= 15 is 0 Å². The molecule has 3 heterocycles. The molecular weight excluding hydrogens is 210 g/mol. The molecule has 2 fully saturated rings. The molecule has 0 saturated carbocycles. The predicted octanol–water partition coefficient (Wildman–Crippen LogP) is 1.97. The van der Waals surface area contributed by atoms with E-state index in [2.05, 4.69) is 27.3 Å². The average Bonchev–Trinajstić information content (AvgIpc) is 2.90. The van der Waals surface area contributed by atoms with Crippen LogP contribution >= 0.6 is 0 Å². The summed E-state index contributed by atoms with van der Waals surface area (Å²) >= 11 is 0. The van der Waals surface area contributed by atoms with Gasteiger partial charge in [0.15, 0.2) is 0 Å². The zero-order valence-electron chi connectivity index (χ0n) is 10.3. The first-order valence-corrected chi connectivity index (χ1v) is 6.81. The van der Waals surface area contributed by atoms with E-state index in [-0.39, 0.29) is 0 Å². The normalized spacial score (nSPS) is 27.4. The molecule has 2 aliphatic rings. The minimum absolute atomic E-state index is 0.617. The second kappa shape index (κ2) is 5.15. The summed E-state index contributed by atoms with van der Waals surface area (Å²) in [6.45, 7) is 3.63. The zero-order valence-corrected chi connectivity index (χ0v) is 10.3. The van der Waals surface area contributed by atoms with Crippen molar-refractivity contribution in [2.45, 2.75) is 37.8 Å². The van der Waals surface area contributed by atoms with Crippen LogP contribution in [0.25, 0.3) is 0 Å². The molecule has 2 saturated heterocycles. The van der Waals surface area contributed by atoms with Gasteiger partial charge >= 0.3 is 0 Å². The molecule has 0 radical (unpaired) electrons. The van der Waals surface area contributed by atoms with Crippen LogP contribution in [-0.4, -0.2) is 35.6 Å². The van der Waals surface area contributed by atoms with Crippen LogP contribution in [-0.2, 0) is 0 Å². The standard InChI is InChI=1S/C14H21N3/c1-3-12(11-16-7-1)14-4-2-10-17(14)13-5-8-15-9-6-13/h1,3,7,11,13-15H,2,4-6,8-10H2/t14-/m1/s1. The van der Waals surface area contributed by atoms with Gasteiger partial charge in [-0.3, -0.25) is 9.88 Å². The maximum absolute atomic E-state index is 4.27. The summed E-state index contributed by atoms with van der Waals surface area (Å²) < 4.78 is 0. The second-order valence-electron chi connectivity index (χ2n) is 5.16. The third-order valence-corrected chi connectivity index (χ3v) is 4.14. The molecule has 0 aliphatic carbocycles. The van der Waals surface area contributed by atoms with Crippen molar-refractivity contribution in [3.63, 3.8) is 0 Å². The molecule has 1 atom stereocenters. The van der Waals surface area contributed by atoms with E-state index in [0.717, 1.165) is 6.04 Å². The maximum Gasteiger partial charge on any atom is 0.0366 e. The van der Waals surface area contributed by atoms with Crippen LogP contribution in [0.5, 0.6) is 0 Å². The van der Waals surface area contributed by atoms with Gasteiger partial charge in [0, 0.05) is 24.5 Å². The molecule has 17 heavy (non-hydrogen) atoms. The molecule has 1 N–H and O–H groups in total. The van der Waals surface area contributed by atoms with Crippen LogP contribution in [0.15, 0.2) is 24.5 Å². The molecule has 3 nitrogen and oxygen atoms in total. The van der Waals surface area contributed by atoms with Gasteiger partial charge in [-0.15, -0.1) is 0 Å². The number of piperidine rings is 1. The summed E-state index contributed by atoms with van der Waals surface area (Å²) in [6, 6.07) is 5.70. The Balaban J connectivity index is 1.75. The smallest absolute Gasteiger partial charge is 0.0366 e. The van der Waals surface area contributed by atoms with Gasteiger partial charge in [-0.25, -0.2) is 0 Å². The number of likely N-dealkylation sites (tertiary alicyclic amines) is 1. The summed E-state index contributed by atoms with van der Waals surface area (Å²) in [4.78, 5) is 6.99. The molecule has 2 aliphatic heterocycles. The van der Waals surface area contributed by atoms with Crippen molar-refractivity contribution in [2.75, 3.05) is 19.6 Å². The molecule has 92 valence electrons. The molecule has 0 spiro atoms. The highest BCUT2D eigenvalue weighted by atomic mass is 15.2. The highest BCUT2D eigenvalue weighted by molar-refractivity contribution is 5.15. The van der Waals surface area contributed by atoms with E-state index in [1.165, 1.54) is 50.9 Å². The lowest BCUT2D eigenvalue weighted by Crippen LogP contribution is -2.42. The van der Waals surface area contributed by atoms with E-state index in [1.54, 1.807) is 0 Å². The SMILES string of the molecule is c1cncc([C@H]2CCCN2C2CCNCC2)c1.